The fraction of sp³-hybridized carbons (Fsp3) is 0.583. The highest BCUT2D eigenvalue weighted by molar-refractivity contribution is 8.00. The average Bonchev–Trinajstić information content (AvgIpc) is 2.26. The van der Waals surface area contributed by atoms with E-state index in [1.165, 1.54) is 17.8 Å². The summed E-state index contributed by atoms with van der Waals surface area (Å²) in [5, 5.41) is 2.93. The van der Waals surface area contributed by atoms with E-state index in [4.69, 9.17) is 5.73 Å². The van der Waals surface area contributed by atoms with Crippen LogP contribution in [0.4, 0.5) is 5.82 Å². The van der Waals surface area contributed by atoms with Crippen LogP contribution in [0.25, 0.3) is 0 Å². The molecule has 1 heterocycles. The predicted octanol–water partition coefficient (Wildman–Crippen LogP) is 1.14. The number of hydrogen-bond donors (Lipinski definition) is 3. The average molecular weight is 284 g/mol. The van der Waals surface area contributed by atoms with Crippen LogP contribution in [0.3, 0.4) is 0 Å². The summed E-state index contributed by atoms with van der Waals surface area (Å²) >= 11 is 1.17. The van der Waals surface area contributed by atoms with Crippen LogP contribution in [-0.2, 0) is 4.79 Å². The highest BCUT2D eigenvalue weighted by Gasteiger charge is 2.23. The minimum atomic E-state index is -0.365. The number of anilines is 1. The molecule has 0 aliphatic heterocycles. The molecule has 0 aliphatic rings. The van der Waals surface area contributed by atoms with E-state index in [9.17, 15) is 9.59 Å². The van der Waals surface area contributed by atoms with Gasteiger partial charge in [-0.2, -0.15) is 0 Å². The first-order valence-corrected chi connectivity index (χ1v) is 6.97. The van der Waals surface area contributed by atoms with Gasteiger partial charge in [-0.15, -0.1) is 0 Å². The Labute approximate surface area is 116 Å². The molecule has 1 rings (SSSR count). The van der Waals surface area contributed by atoms with Crippen LogP contribution < -0.4 is 16.6 Å². The molecule has 0 aromatic carbocycles. The minimum absolute atomic E-state index is 0.0954. The van der Waals surface area contributed by atoms with Crippen molar-refractivity contribution < 1.29 is 4.79 Å². The van der Waals surface area contributed by atoms with Crippen molar-refractivity contribution >= 4 is 23.5 Å². The van der Waals surface area contributed by atoms with Gasteiger partial charge in [0.25, 0.3) is 5.56 Å². The predicted molar refractivity (Wildman–Crippen MR) is 77.1 cm³/mol. The molecule has 0 saturated heterocycles. The number of nitrogens with two attached hydrogens (primary N) is 1. The number of hydrogen-bond acceptors (Lipinski definition) is 5. The van der Waals surface area contributed by atoms with Gasteiger partial charge in [0.1, 0.15) is 5.82 Å². The molecule has 19 heavy (non-hydrogen) atoms. The lowest BCUT2D eigenvalue weighted by atomic mass is 10.0. The summed E-state index contributed by atoms with van der Waals surface area (Å²) in [5.74, 6) is 0.0506. The lowest BCUT2D eigenvalue weighted by Gasteiger charge is -2.26. The van der Waals surface area contributed by atoms with Gasteiger partial charge in [-0.1, -0.05) is 18.7 Å². The number of aromatic amines is 1. The van der Waals surface area contributed by atoms with Gasteiger partial charge in [-0.05, 0) is 27.2 Å². The second-order valence-corrected chi connectivity index (χ2v) is 6.29. The van der Waals surface area contributed by atoms with Crippen molar-refractivity contribution in [1.29, 1.82) is 0 Å². The maximum absolute atomic E-state index is 12.0. The molecule has 106 valence electrons. The number of nitrogens with one attached hydrogen (secondary N) is 2. The quantitative estimate of drug-likeness (QED) is 0.556. The number of rotatable bonds is 5. The van der Waals surface area contributed by atoms with Crippen molar-refractivity contribution in [3.63, 3.8) is 0 Å². The number of nitrogens with zero attached hydrogens (tertiary/aromatic N) is 1. The zero-order valence-electron chi connectivity index (χ0n) is 11.6. The zero-order valence-corrected chi connectivity index (χ0v) is 12.4. The normalized spacial score (nSPS) is 13.1. The molecule has 6 nitrogen and oxygen atoms in total. The molecule has 1 atom stereocenters. The maximum atomic E-state index is 12.0. The number of aromatic nitrogens is 2. The van der Waals surface area contributed by atoms with Gasteiger partial charge >= 0.3 is 0 Å². The first-order chi connectivity index (χ1) is 8.73. The third-order valence-electron chi connectivity index (χ3n) is 2.74. The van der Waals surface area contributed by atoms with Crippen molar-refractivity contribution in [2.75, 3.05) is 5.73 Å². The smallest absolute Gasteiger partial charge is 0.253 e. The van der Waals surface area contributed by atoms with E-state index >= 15 is 0 Å². The SMILES string of the molecule is CCC(C)(C)NC(=O)C(C)Sc1nc(N)cc(=O)[nH]1. The molecule has 1 amide bonds. The molecule has 0 radical (unpaired) electrons. The van der Waals surface area contributed by atoms with Crippen molar-refractivity contribution in [2.24, 2.45) is 0 Å². The molecule has 0 bridgehead atoms. The molecule has 1 aromatic heterocycles. The van der Waals surface area contributed by atoms with Crippen molar-refractivity contribution in [1.82, 2.24) is 15.3 Å². The van der Waals surface area contributed by atoms with Crippen molar-refractivity contribution in [3.05, 3.63) is 16.4 Å². The number of amides is 1. The summed E-state index contributed by atoms with van der Waals surface area (Å²) in [6.07, 6.45) is 0.837. The van der Waals surface area contributed by atoms with E-state index in [2.05, 4.69) is 15.3 Å². The first kappa shape index (κ1) is 15.6. The Kier molecular flexibility index (Phi) is 4.99. The Morgan fingerprint density at radius 1 is 1.63 bits per heavy atom. The van der Waals surface area contributed by atoms with Crippen LogP contribution in [0.2, 0.25) is 0 Å². The minimum Gasteiger partial charge on any atom is -0.383 e. The number of carbonyl (C=O) groups excluding carboxylic acids is 1. The molecular formula is C12H20N4O2S. The Balaban J connectivity index is 2.71. The number of carbonyl (C=O) groups is 1. The summed E-state index contributed by atoms with van der Waals surface area (Å²) in [7, 11) is 0. The lowest BCUT2D eigenvalue weighted by Crippen LogP contribution is -2.46. The molecule has 7 heteroatoms. The molecular weight excluding hydrogens is 264 g/mol. The number of nitrogen functional groups attached to an aromatic ring is 1. The monoisotopic (exact) mass is 284 g/mol. The van der Waals surface area contributed by atoms with Gasteiger partial charge in [0.05, 0.1) is 5.25 Å². The first-order valence-electron chi connectivity index (χ1n) is 6.09. The second kappa shape index (κ2) is 6.10. The largest absolute Gasteiger partial charge is 0.383 e. The van der Waals surface area contributed by atoms with Crippen LogP contribution in [0.1, 0.15) is 34.1 Å². The molecule has 0 saturated carbocycles. The number of H-pyrrole nitrogens is 1. The summed E-state index contributed by atoms with van der Waals surface area (Å²) in [6.45, 7) is 7.69. The Bertz CT molecular complexity index is 513. The van der Waals surface area contributed by atoms with Crippen LogP contribution >= 0.6 is 11.8 Å². The summed E-state index contributed by atoms with van der Waals surface area (Å²) in [4.78, 5) is 29.8. The van der Waals surface area contributed by atoms with Crippen LogP contribution in [0.15, 0.2) is 16.0 Å². The zero-order chi connectivity index (χ0) is 14.6. The summed E-state index contributed by atoms with van der Waals surface area (Å²) < 4.78 is 0. The van der Waals surface area contributed by atoms with Gasteiger partial charge in [0.15, 0.2) is 5.16 Å². The van der Waals surface area contributed by atoms with E-state index in [-0.39, 0.29) is 28.1 Å². The second-order valence-electron chi connectivity index (χ2n) is 4.96. The van der Waals surface area contributed by atoms with Crippen molar-refractivity contribution in [3.8, 4) is 0 Å². The molecule has 0 fully saturated rings. The van der Waals surface area contributed by atoms with Gasteiger partial charge in [0, 0.05) is 11.6 Å². The van der Waals surface area contributed by atoms with Crippen LogP contribution in [0.5, 0.6) is 0 Å². The maximum Gasteiger partial charge on any atom is 0.253 e. The summed E-state index contributed by atoms with van der Waals surface area (Å²) in [6, 6.07) is 1.20. The van der Waals surface area contributed by atoms with E-state index in [1.807, 2.05) is 20.8 Å². The van der Waals surface area contributed by atoms with E-state index in [0.29, 0.717) is 5.16 Å². The van der Waals surface area contributed by atoms with Crippen LogP contribution in [0, 0.1) is 0 Å². The van der Waals surface area contributed by atoms with Gasteiger partial charge in [-0.3, -0.25) is 9.59 Å². The van der Waals surface area contributed by atoms with Crippen LogP contribution in [-0.4, -0.2) is 26.7 Å². The molecule has 0 aliphatic carbocycles. The van der Waals surface area contributed by atoms with E-state index < -0.39 is 0 Å². The highest BCUT2D eigenvalue weighted by Crippen LogP contribution is 2.20. The topological polar surface area (TPSA) is 101 Å². The van der Waals surface area contributed by atoms with E-state index in [1.54, 1.807) is 6.92 Å². The third kappa shape index (κ3) is 4.94. The Morgan fingerprint density at radius 3 is 2.79 bits per heavy atom. The highest BCUT2D eigenvalue weighted by atomic mass is 32.2. The third-order valence-corrected chi connectivity index (χ3v) is 3.73. The summed E-state index contributed by atoms with van der Waals surface area (Å²) in [5.41, 5.74) is 4.92. The molecule has 0 spiro atoms. The molecule has 1 aromatic rings. The van der Waals surface area contributed by atoms with Crippen molar-refractivity contribution in [2.45, 2.75) is 50.1 Å². The fourth-order valence-corrected chi connectivity index (χ4v) is 2.07. The van der Waals surface area contributed by atoms with Gasteiger partial charge in [0.2, 0.25) is 5.91 Å². The molecule has 1 unspecified atom stereocenters. The van der Waals surface area contributed by atoms with Gasteiger partial charge < -0.3 is 16.0 Å². The molecule has 4 N–H and O–H groups in total. The standard InChI is InChI=1S/C12H20N4O2S/c1-5-12(3,4)16-10(18)7(2)19-11-14-8(13)6-9(17)15-11/h6-7H,5H2,1-4H3,(H,16,18)(H3,13,14,15,17). The van der Waals surface area contributed by atoms with Gasteiger partial charge in [-0.25, -0.2) is 4.98 Å². The lowest BCUT2D eigenvalue weighted by molar-refractivity contribution is -0.121. The fourth-order valence-electron chi connectivity index (χ4n) is 1.25. The Hall–Kier alpha value is -1.50. The number of thioether (sulfide) groups is 1. The Morgan fingerprint density at radius 2 is 2.26 bits per heavy atom. The van der Waals surface area contributed by atoms with E-state index in [0.717, 1.165) is 6.42 Å².